The monoisotopic (exact) mass is 267 g/mol. The van der Waals surface area contributed by atoms with E-state index in [1.165, 1.54) is 0 Å². The van der Waals surface area contributed by atoms with Crippen molar-refractivity contribution in [3.63, 3.8) is 0 Å². The van der Waals surface area contributed by atoms with Crippen molar-refractivity contribution in [1.29, 1.82) is 0 Å². The molecule has 0 bridgehead atoms. The SMILES string of the molecule is CCCOc1ccccc1OC(CNCC)COC. The Morgan fingerprint density at radius 2 is 1.89 bits per heavy atom. The van der Waals surface area contributed by atoms with Crippen LogP contribution >= 0.6 is 0 Å². The van der Waals surface area contributed by atoms with Gasteiger partial charge in [0.15, 0.2) is 11.5 Å². The zero-order valence-electron chi connectivity index (χ0n) is 12.1. The van der Waals surface area contributed by atoms with E-state index in [1.807, 2.05) is 24.3 Å². The molecule has 4 nitrogen and oxygen atoms in total. The maximum Gasteiger partial charge on any atom is 0.161 e. The molecule has 0 aliphatic rings. The van der Waals surface area contributed by atoms with Crippen molar-refractivity contribution in [2.45, 2.75) is 26.4 Å². The Balaban J connectivity index is 2.65. The van der Waals surface area contributed by atoms with E-state index >= 15 is 0 Å². The van der Waals surface area contributed by atoms with Gasteiger partial charge in [0, 0.05) is 13.7 Å². The van der Waals surface area contributed by atoms with Crippen molar-refractivity contribution in [1.82, 2.24) is 5.32 Å². The van der Waals surface area contributed by atoms with Crippen molar-refractivity contribution in [2.75, 3.05) is 33.4 Å². The summed E-state index contributed by atoms with van der Waals surface area (Å²) in [6.07, 6.45) is 0.962. The summed E-state index contributed by atoms with van der Waals surface area (Å²) in [5, 5.41) is 3.27. The third kappa shape index (κ3) is 5.94. The Kier molecular flexibility index (Phi) is 8.02. The highest BCUT2D eigenvalue weighted by atomic mass is 16.5. The molecule has 1 unspecified atom stereocenters. The zero-order chi connectivity index (χ0) is 13.9. The van der Waals surface area contributed by atoms with Crippen LogP contribution in [-0.2, 0) is 4.74 Å². The van der Waals surface area contributed by atoms with Gasteiger partial charge >= 0.3 is 0 Å². The number of nitrogens with one attached hydrogen (secondary N) is 1. The van der Waals surface area contributed by atoms with Gasteiger partial charge in [-0.25, -0.2) is 0 Å². The number of hydrogen-bond acceptors (Lipinski definition) is 4. The maximum absolute atomic E-state index is 5.97. The molecule has 0 aliphatic carbocycles. The summed E-state index contributed by atoms with van der Waals surface area (Å²) in [6.45, 7) is 7.08. The van der Waals surface area contributed by atoms with Crippen molar-refractivity contribution in [3.05, 3.63) is 24.3 Å². The van der Waals surface area contributed by atoms with E-state index in [2.05, 4.69) is 19.2 Å². The molecule has 108 valence electrons. The van der Waals surface area contributed by atoms with Crippen LogP contribution in [0.15, 0.2) is 24.3 Å². The van der Waals surface area contributed by atoms with Gasteiger partial charge in [-0.3, -0.25) is 0 Å². The van der Waals surface area contributed by atoms with Crippen molar-refractivity contribution in [2.24, 2.45) is 0 Å². The first-order valence-electron chi connectivity index (χ1n) is 6.89. The molecule has 1 aromatic rings. The predicted molar refractivity (Wildman–Crippen MR) is 77.1 cm³/mol. The van der Waals surface area contributed by atoms with Gasteiger partial charge in [0.1, 0.15) is 6.10 Å². The van der Waals surface area contributed by atoms with Gasteiger partial charge < -0.3 is 19.5 Å². The fraction of sp³-hybridized carbons (Fsp3) is 0.600. The van der Waals surface area contributed by atoms with E-state index in [1.54, 1.807) is 7.11 Å². The first-order chi connectivity index (χ1) is 9.31. The van der Waals surface area contributed by atoms with E-state index in [4.69, 9.17) is 14.2 Å². The Bertz CT molecular complexity index is 344. The summed E-state index contributed by atoms with van der Waals surface area (Å²) in [5.41, 5.74) is 0. The summed E-state index contributed by atoms with van der Waals surface area (Å²) in [5.74, 6) is 1.57. The second-order valence-corrected chi connectivity index (χ2v) is 4.30. The average Bonchev–Trinajstić information content (AvgIpc) is 2.44. The van der Waals surface area contributed by atoms with Crippen LogP contribution in [-0.4, -0.2) is 39.5 Å². The first-order valence-corrected chi connectivity index (χ1v) is 6.89. The lowest BCUT2D eigenvalue weighted by atomic mass is 10.3. The molecule has 0 amide bonds. The van der Waals surface area contributed by atoms with Gasteiger partial charge in [-0.05, 0) is 25.1 Å². The van der Waals surface area contributed by atoms with E-state index in [0.29, 0.717) is 13.2 Å². The van der Waals surface area contributed by atoms with E-state index in [-0.39, 0.29) is 6.10 Å². The van der Waals surface area contributed by atoms with Crippen LogP contribution in [0.5, 0.6) is 11.5 Å². The van der Waals surface area contributed by atoms with Crippen LogP contribution in [0.25, 0.3) is 0 Å². The first kappa shape index (κ1) is 15.8. The highest BCUT2D eigenvalue weighted by molar-refractivity contribution is 5.39. The highest BCUT2D eigenvalue weighted by Crippen LogP contribution is 2.27. The van der Waals surface area contributed by atoms with E-state index < -0.39 is 0 Å². The lowest BCUT2D eigenvalue weighted by Crippen LogP contribution is -2.34. The number of benzene rings is 1. The molecule has 1 rings (SSSR count). The lowest BCUT2D eigenvalue weighted by Gasteiger charge is -2.20. The van der Waals surface area contributed by atoms with Gasteiger partial charge in [-0.15, -0.1) is 0 Å². The summed E-state index contributed by atoms with van der Waals surface area (Å²) >= 11 is 0. The molecule has 0 aliphatic heterocycles. The lowest BCUT2D eigenvalue weighted by molar-refractivity contribution is 0.0783. The largest absolute Gasteiger partial charge is 0.490 e. The molecule has 0 saturated heterocycles. The molecule has 1 aromatic carbocycles. The Morgan fingerprint density at radius 3 is 2.53 bits per heavy atom. The molecule has 19 heavy (non-hydrogen) atoms. The molecule has 0 aromatic heterocycles. The third-order valence-electron chi connectivity index (χ3n) is 2.58. The van der Waals surface area contributed by atoms with Crippen LogP contribution in [0.3, 0.4) is 0 Å². The Morgan fingerprint density at radius 1 is 1.16 bits per heavy atom. The Labute approximate surface area is 116 Å². The van der Waals surface area contributed by atoms with Gasteiger partial charge in [-0.1, -0.05) is 26.0 Å². The molecule has 1 N–H and O–H groups in total. The molecule has 1 atom stereocenters. The second-order valence-electron chi connectivity index (χ2n) is 4.30. The summed E-state index contributed by atoms with van der Waals surface area (Å²) < 4.78 is 16.8. The molecule has 0 radical (unpaired) electrons. The number of para-hydroxylation sites is 2. The molecule has 0 heterocycles. The number of ether oxygens (including phenoxy) is 3. The van der Waals surface area contributed by atoms with Crippen LogP contribution in [0.4, 0.5) is 0 Å². The van der Waals surface area contributed by atoms with Crippen LogP contribution in [0, 0.1) is 0 Å². The van der Waals surface area contributed by atoms with Gasteiger partial charge in [0.25, 0.3) is 0 Å². The van der Waals surface area contributed by atoms with E-state index in [0.717, 1.165) is 31.0 Å². The van der Waals surface area contributed by atoms with Crippen molar-refractivity contribution in [3.8, 4) is 11.5 Å². The Hall–Kier alpha value is -1.26. The predicted octanol–water partition coefficient (Wildman–Crippen LogP) is 2.48. The fourth-order valence-electron chi connectivity index (χ4n) is 1.68. The number of rotatable bonds is 10. The summed E-state index contributed by atoms with van der Waals surface area (Å²) in [4.78, 5) is 0. The standard InChI is InChI=1S/C15H25NO3/c1-4-10-18-14-8-6-7-9-15(14)19-13(12-17-3)11-16-5-2/h6-9,13,16H,4-5,10-12H2,1-3H3. The molecule has 0 fully saturated rings. The number of likely N-dealkylation sites (N-methyl/N-ethyl adjacent to an activating group) is 1. The number of hydrogen-bond donors (Lipinski definition) is 1. The maximum atomic E-state index is 5.97. The minimum atomic E-state index is -0.0173. The number of methoxy groups -OCH3 is 1. The molecule has 4 heteroatoms. The van der Waals surface area contributed by atoms with Crippen LogP contribution in [0.1, 0.15) is 20.3 Å². The quantitative estimate of drug-likeness (QED) is 0.707. The molecular formula is C15H25NO3. The minimum absolute atomic E-state index is 0.0173. The topological polar surface area (TPSA) is 39.7 Å². The third-order valence-corrected chi connectivity index (χ3v) is 2.58. The van der Waals surface area contributed by atoms with Crippen LogP contribution < -0.4 is 14.8 Å². The average molecular weight is 267 g/mol. The minimum Gasteiger partial charge on any atom is -0.490 e. The van der Waals surface area contributed by atoms with Crippen molar-refractivity contribution >= 4 is 0 Å². The van der Waals surface area contributed by atoms with Crippen LogP contribution in [0.2, 0.25) is 0 Å². The van der Waals surface area contributed by atoms with Gasteiger partial charge in [0.2, 0.25) is 0 Å². The second kappa shape index (κ2) is 9.64. The molecule has 0 saturated carbocycles. The summed E-state index contributed by atoms with van der Waals surface area (Å²) in [6, 6.07) is 7.76. The van der Waals surface area contributed by atoms with Gasteiger partial charge in [0.05, 0.1) is 13.2 Å². The van der Waals surface area contributed by atoms with E-state index in [9.17, 15) is 0 Å². The normalized spacial score (nSPS) is 12.2. The molecule has 0 spiro atoms. The zero-order valence-corrected chi connectivity index (χ0v) is 12.1. The smallest absolute Gasteiger partial charge is 0.161 e. The molecular weight excluding hydrogens is 242 g/mol. The highest BCUT2D eigenvalue weighted by Gasteiger charge is 2.12. The van der Waals surface area contributed by atoms with Crippen molar-refractivity contribution < 1.29 is 14.2 Å². The summed E-state index contributed by atoms with van der Waals surface area (Å²) in [7, 11) is 1.68. The van der Waals surface area contributed by atoms with Gasteiger partial charge in [-0.2, -0.15) is 0 Å². The fourth-order valence-corrected chi connectivity index (χ4v) is 1.68.